The normalized spacial score (nSPS) is 12.1. The van der Waals surface area contributed by atoms with Gasteiger partial charge in [0.25, 0.3) is 0 Å². The zero-order valence-electron chi connectivity index (χ0n) is 24.3. The van der Waals surface area contributed by atoms with Crippen molar-refractivity contribution in [2.75, 3.05) is 65.9 Å². The van der Waals surface area contributed by atoms with E-state index in [2.05, 4.69) is 17.0 Å². The third-order valence-electron chi connectivity index (χ3n) is 4.84. The van der Waals surface area contributed by atoms with Gasteiger partial charge >= 0.3 is 11.9 Å². The largest absolute Gasteiger partial charge is 0.460 e. The lowest BCUT2D eigenvalue weighted by atomic mass is 10.2. The van der Waals surface area contributed by atoms with Crippen LogP contribution in [0.5, 0.6) is 0 Å². The summed E-state index contributed by atoms with van der Waals surface area (Å²) >= 11 is 0. The molecule has 0 spiro atoms. The molecule has 0 aliphatic rings. The van der Waals surface area contributed by atoms with E-state index in [0.717, 1.165) is 19.6 Å². The predicted octanol–water partition coefficient (Wildman–Crippen LogP) is 4.02. The van der Waals surface area contributed by atoms with Crippen LogP contribution in [0.15, 0.2) is 30.3 Å². The molecule has 0 radical (unpaired) electrons. The van der Waals surface area contributed by atoms with Crippen LogP contribution in [0.2, 0.25) is 0 Å². The Labute approximate surface area is 229 Å². The van der Waals surface area contributed by atoms with Crippen molar-refractivity contribution < 1.29 is 38.0 Å². The number of hydrogen-bond donors (Lipinski definition) is 0. The van der Waals surface area contributed by atoms with E-state index in [9.17, 15) is 9.59 Å². The predicted molar refractivity (Wildman–Crippen MR) is 146 cm³/mol. The molecule has 38 heavy (non-hydrogen) atoms. The van der Waals surface area contributed by atoms with Crippen molar-refractivity contribution >= 4 is 11.9 Å². The molecule has 0 aliphatic carbocycles. The second-order valence-electron chi connectivity index (χ2n) is 10.9. The van der Waals surface area contributed by atoms with Crippen LogP contribution in [-0.2, 0) is 44.6 Å². The topological polar surface area (TPSA) is 92.8 Å². The summed E-state index contributed by atoms with van der Waals surface area (Å²) in [5, 5.41) is 0. The lowest BCUT2D eigenvalue weighted by Gasteiger charge is -2.22. The zero-order valence-corrected chi connectivity index (χ0v) is 24.3. The second-order valence-corrected chi connectivity index (χ2v) is 10.9. The smallest absolute Gasteiger partial charge is 0.308 e. The summed E-state index contributed by atoms with van der Waals surface area (Å²) in [6, 6.07) is 10.3. The highest BCUT2D eigenvalue weighted by molar-refractivity contribution is 5.70. The van der Waals surface area contributed by atoms with Gasteiger partial charge in [-0.3, -0.25) is 14.5 Å². The first kappa shape index (κ1) is 34.0. The number of ether oxygens (including phenoxy) is 6. The monoisotopic (exact) mass is 539 g/mol. The molecule has 0 unspecified atom stereocenters. The van der Waals surface area contributed by atoms with E-state index in [-0.39, 0.29) is 24.8 Å². The minimum atomic E-state index is -0.478. The van der Waals surface area contributed by atoms with Gasteiger partial charge in [-0.15, -0.1) is 0 Å². The van der Waals surface area contributed by atoms with Crippen LogP contribution >= 0.6 is 0 Å². The number of esters is 2. The summed E-state index contributed by atoms with van der Waals surface area (Å²) in [6.45, 7) is 16.9. The first-order chi connectivity index (χ1) is 17.9. The number of nitrogens with zero attached hydrogens (tertiary/aromatic N) is 1. The molecule has 0 saturated carbocycles. The fourth-order valence-electron chi connectivity index (χ4n) is 3.24. The van der Waals surface area contributed by atoms with Crippen molar-refractivity contribution in [3.63, 3.8) is 0 Å². The van der Waals surface area contributed by atoms with E-state index in [1.54, 1.807) is 0 Å². The molecule has 1 rings (SSSR count). The molecule has 0 amide bonds. The molecule has 0 fully saturated rings. The van der Waals surface area contributed by atoms with E-state index in [4.69, 9.17) is 28.4 Å². The van der Waals surface area contributed by atoms with Crippen molar-refractivity contribution in [1.29, 1.82) is 0 Å². The van der Waals surface area contributed by atoms with Gasteiger partial charge in [0.1, 0.15) is 11.2 Å². The van der Waals surface area contributed by atoms with Crippen molar-refractivity contribution in [2.24, 2.45) is 0 Å². The Kier molecular flexibility index (Phi) is 17.1. The Balaban J connectivity index is 2.18. The summed E-state index contributed by atoms with van der Waals surface area (Å²) in [6.07, 6.45) is 0.466. The highest BCUT2D eigenvalue weighted by atomic mass is 16.6. The van der Waals surface area contributed by atoms with Crippen molar-refractivity contribution in [2.45, 2.75) is 72.1 Å². The summed E-state index contributed by atoms with van der Waals surface area (Å²) in [5.41, 5.74) is 0.269. The van der Waals surface area contributed by atoms with Gasteiger partial charge in [0.2, 0.25) is 0 Å². The highest BCUT2D eigenvalue weighted by Gasteiger charge is 2.16. The molecule has 0 saturated heterocycles. The third-order valence-corrected chi connectivity index (χ3v) is 4.84. The maximum Gasteiger partial charge on any atom is 0.308 e. The van der Waals surface area contributed by atoms with Crippen LogP contribution in [0.3, 0.4) is 0 Å². The van der Waals surface area contributed by atoms with Crippen LogP contribution in [0.1, 0.15) is 59.9 Å². The van der Waals surface area contributed by atoms with Crippen LogP contribution in [-0.4, -0.2) is 94.0 Å². The van der Waals surface area contributed by atoms with E-state index in [1.807, 2.05) is 59.7 Å². The maximum atomic E-state index is 11.7. The molecule has 0 aliphatic heterocycles. The average molecular weight is 540 g/mol. The van der Waals surface area contributed by atoms with E-state index in [1.165, 1.54) is 5.56 Å². The number of hydrogen-bond acceptors (Lipinski definition) is 9. The first-order valence-corrected chi connectivity index (χ1v) is 13.5. The molecular weight excluding hydrogens is 490 g/mol. The standard InChI is InChI=1S/C29H49NO8/c1-28(2,3)37-26(31)12-16-33-20-22-35-18-14-30(24-25-10-8-7-9-11-25)15-19-36-23-21-34-17-13-27(32)38-29(4,5)6/h7-11H,12-24H2,1-6H3. The first-order valence-electron chi connectivity index (χ1n) is 13.5. The molecule has 1 aromatic rings. The molecule has 0 aromatic heterocycles. The molecule has 9 nitrogen and oxygen atoms in total. The SMILES string of the molecule is CC(C)(C)OC(=O)CCOCCOCCN(CCOCCOCCC(=O)OC(C)(C)C)Cc1ccccc1. The number of carbonyl (C=O) groups is 2. The minimum Gasteiger partial charge on any atom is -0.460 e. The van der Waals surface area contributed by atoms with Gasteiger partial charge in [-0.2, -0.15) is 0 Å². The lowest BCUT2D eigenvalue weighted by molar-refractivity contribution is -0.157. The van der Waals surface area contributed by atoms with Gasteiger partial charge in [0.15, 0.2) is 0 Å². The molecule has 0 bridgehead atoms. The maximum absolute atomic E-state index is 11.7. The molecule has 0 heterocycles. The second kappa shape index (κ2) is 19.1. The van der Waals surface area contributed by atoms with Crippen LogP contribution in [0.4, 0.5) is 0 Å². The minimum absolute atomic E-state index is 0.233. The van der Waals surface area contributed by atoms with Gasteiger partial charge in [-0.1, -0.05) is 30.3 Å². The van der Waals surface area contributed by atoms with E-state index >= 15 is 0 Å². The van der Waals surface area contributed by atoms with E-state index < -0.39 is 11.2 Å². The molecule has 9 heteroatoms. The quantitative estimate of drug-likeness (QED) is 0.180. The van der Waals surface area contributed by atoms with Gasteiger partial charge in [-0.25, -0.2) is 0 Å². The molecule has 0 atom stereocenters. The highest BCUT2D eigenvalue weighted by Crippen LogP contribution is 2.09. The zero-order chi connectivity index (χ0) is 28.3. The summed E-state index contributed by atoms with van der Waals surface area (Å²) in [5.74, 6) is -0.519. The fourth-order valence-corrected chi connectivity index (χ4v) is 3.24. The molecule has 0 N–H and O–H groups in total. The molecule has 218 valence electrons. The summed E-state index contributed by atoms with van der Waals surface area (Å²) in [7, 11) is 0. The Hall–Kier alpha value is -2.04. The number of rotatable bonds is 20. The van der Waals surface area contributed by atoms with Crippen LogP contribution in [0.25, 0.3) is 0 Å². The Morgan fingerprint density at radius 3 is 1.39 bits per heavy atom. The Bertz CT molecular complexity index is 714. The Morgan fingerprint density at radius 2 is 1.00 bits per heavy atom. The van der Waals surface area contributed by atoms with E-state index in [0.29, 0.717) is 52.9 Å². The molecule has 1 aromatic carbocycles. The summed E-state index contributed by atoms with van der Waals surface area (Å²) < 4.78 is 32.9. The third kappa shape index (κ3) is 21.0. The van der Waals surface area contributed by atoms with Crippen molar-refractivity contribution in [3.8, 4) is 0 Å². The van der Waals surface area contributed by atoms with Crippen molar-refractivity contribution in [3.05, 3.63) is 35.9 Å². The van der Waals surface area contributed by atoms with Crippen molar-refractivity contribution in [1.82, 2.24) is 4.90 Å². The number of benzene rings is 1. The fraction of sp³-hybridized carbons (Fsp3) is 0.724. The van der Waals surface area contributed by atoms with Gasteiger partial charge < -0.3 is 28.4 Å². The molecular formula is C29H49NO8. The van der Waals surface area contributed by atoms with Gasteiger partial charge in [-0.05, 0) is 47.1 Å². The van der Waals surface area contributed by atoms with Gasteiger partial charge in [0.05, 0.1) is 65.7 Å². The number of carbonyl (C=O) groups excluding carboxylic acids is 2. The Morgan fingerprint density at radius 1 is 0.605 bits per heavy atom. The lowest BCUT2D eigenvalue weighted by Crippen LogP contribution is -2.31. The van der Waals surface area contributed by atoms with Crippen LogP contribution in [0, 0.1) is 0 Å². The van der Waals surface area contributed by atoms with Crippen LogP contribution < -0.4 is 0 Å². The average Bonchev–Trinajstić information content (AvgIpc) is 2.80. The summed E-state index contributed by atoms with van der Waals surface area (Å²) in [4.78, 5) is 25.7. The van der Waals surface area contributed by atoms with Gasteiger partial charge in [0, 0.05) is 19.6 Å².